The highest BCUT2D eigenvalue weighted by Crippen LogP contribution is 2.32. The fourth-order valence-electron chi connectivity index (χ4n) is 2.49. The van der Waals surface area contributed by atoms with Crippen molar-refractivity contribution in [2.75, 3.05) is 6.54 Å². The maximum atomic E-state index is 13.1. The molecule has 0 radical (unpaired) electrons. The highest BCUT2D eigenvalue weighted by Gasteiger charge is 2.13. The van der Waals surface area contributed by atoms with E-state index in [0.717, 1.165) is 34.1 Å². The zero-order valence-electron chi connectivity index (χ0n) is 10.8. The van der Waals surface area contributed by atoms with Crippen LogP contribution < -0.4 is 5.73 Å². The van der Waals surface area contributed by atoms with Crippen LogP contribution in [-0.2, 0) is 6.42 Å². The van der Waals surface area contributed by atoms with Crippen molar-refractivity contribution < 1.29 is 4.39 Å². The SMILES string of the molecule is NCCc1c(-c2ccc(F)cc2)[nH]c2ccc(Cl)cc12. The van der Waals surface area contributed by atoms with Gasteiger partial charge in [0.05, 0.1) is 0 Å². The topological polar surface area (TPSA) is 41.8 Å². The second kappa shape index (κ2) is 5.27. The molecule has 1 heterocycles. The lowest BCUT2D eigenvalue weighted by molar-refractivity contribution is 0.628. The van der Waals surface area contributed by atoms with Gasteiger partial charge in [-0.3, -0.25) is 0 Å². The Morgan fingerprint density at radius 1 is 1.10 bits per heavy atom. The molecule has 20 heavy (non-hydrogen) atoms. The van der Waals surface area contributed by atoms with Crippen LogP contribution in [0.3, 0.4) is 0 Å². The second-order valence-electron chi connectivity index (χ2n) is 4.71. The van der Waals surface area contributed by atoms with Gasteiger partial charge in [-0.2, -0.15) is 0 Å². The summed E-state index contributed by atoms with van der Waals surface area (Å²) in [5, 5.41) is 1.77. The van der Waals surface area contributed by atoms with E-state index in [-0.39, 0.29) is 5.82 Å². The highest BCUT2D eigenvalue weighted by atomic mass is 35.5. The van der Waals surface area contributed by atoms with E-state index in [0.29, 0.717) is 11.6 Å². The van der Waals surface area contributed by atoms with Crippen molar-refractivity contribution in [2.45, 2.75) is 6.42 Å². The normalized spacial score (nSPS) is 11.2. The molecule has 4 heteroatoms. The molecule has 0 saturated carbocycles. The molecular formula is C16H14ClFN2. The molecule has 0 aliphatic heterocycles. The van der Waals surface area contributed by atoms with Crippen molar-refractivity contribution in [1.82, 2.24) is 4.98 Å². The summed E-state index contributed by atoms with van der Waals surface area (Å²) in [5.74, 6) is -0.242. The minimum absolute atomic E-state index is 0.242. The molecule has 0 spiro atoms. The summed E-state index contributed by atoms with van der Waals surface area (Å²) in [6.45, 7) is 0.549. The molecule has 3 N–H and O–H groups in total. The van der Waals surface area contributed by atoms with Crippen LogP contribution in [0, 0.1) is 5.82 Å². The monoisotopic (exact) mass is 288 g/mol. The number of benzene rings is 2. The van der Waals surface area contributed by atoms with Crippen molar-refractivity contribution in [2.24, 2.45) is 5.73 Å². The molecule has 3 aromatic rings. The lowest BCUT2D eigenvalue weighted by Crippen LogP contribution is -2.03. The van der Waals surface area contributed by atoms with E-state index in [2.05, 4.69) is 4.98 Å². The molecule has 0 bridgehead atoms. The summed E-state index contributed by atoms with van der Waals surface area (Å²) in [7, 11) is 0. The van der Waals surface area contributed by atoms with Gasteiger partial charge in [-0.25, -0.2) is 4.39 Å². The predicted molar refractivity (Wildman–Crippen MR) is 81.5 cm³/mol. The van der Waals surface area contributed by atoms with Crippen LogP contribution in [-0.4, -0.2) is 11.5 Å². The molecule has 0 aliphatic rings. The molecule has 0 saturated heterocycles. The molecule has 0 unspecified atom stereocenters. The van der Waals surface area contributed by atoms with Gasteiger partial charge in [-0.15, -0.1) is 0 Å². The zero-order valence-corrected chi connectivity index (χ0v) is 11.5. The van der Waals surface area contributed by atoms with Crippen LogP contribution in [0.5, 0.6) is 0 Å². The average molecular weight is 289 g/mol. The fourth-order valence-corrected chi connectivity index (χ4v) is 2.66. The average Bonchev–Trinajstić information content (AvgIpc) is 2.79. The Balaban J connectivity index is 2.23. The van der Waals surface area contributed by atoms with Gasteiger partial charge < -0.3 is 10.7 Å². The third-order valence-electron chi connectivity index (χ3n) is 3.40. The van der Waals surface area contributed by atoms with Gasteiger partial charge in [-0.05, 0) is 66.6 Å². The molecule has 0 atom stereocenters. The third-order valence-corrected chi connectivity index (χ3v) is 3.63. The smallest absolute Gasteiger partial charge is 0.123 e. The minimum Gasteiger partial charge on any atom is -0.354 e. The van der Waals surface area contributed by atoms with Crippen LogP contribution in [0.2, 0.25) is 5.02 Å². The maximum Gasteiger partial charge on any atom is 0.123 e. The van der Waals surface area contributed by atoms with Crippen LogP contribution in [0.4, 0.5) is 4.39 Å². The number of aromatic amines is 1. The molecular weight excluding hydrogens is 275 g/mol. The van der Waals surface area contributed by atoms with E-state index in [1.807, 2.05) is 18.2 Å². The van der Waals surface area contributed by atoms with Gasteiger partial charge in [0.15, 0.2) is 0 Å². The van der Waals surface area contributed by atoms with E-state index in [1.54, 1.807) is 12.1 Å². The molecule has 1 aromatic heterocycles. The first-order valence-electron chi connectivity index (χ1n) is 6.45. The second-order valence-corrected chi connectivity index (χ2v) is 5.15. The number of halogens is 2. The van der Waals surface area contributed by atoms with Gasteiger partial charge in [0.25, 0.3) is 0 Å². The molecule has 0 fully saturated rings. The van der Waals surface area contributed by atoms with E-state index in [1.165, 1.54) is 12.1 Å². The van der Waals surface area contributed by atoms with E-state index in [9.17, 15) is 4.39 Å². The summed E-state index contributed by atoms with van der Waals surface area (Å²) >= 11 is 6.07. The number of fused-ring (bicyclic) bond motifs is 1. The summed E-state index contributed by atoms with van der Waals surface area (Å²) in [6, 6.07) is 12.2. The molecule has 102 valence electrons. The summed E-state index contributed by atoms with van der Waals surface area (Å²) in [5.41, 5.74) is 9.77. The Hall–Kier alpha value is -1.84. The number of rotatable bonds is 3. The molecule has 2 aromatic carbocycles. The van der Waals surface area contributed by atoms with E-state index >= 15 is 0 Å². The number of hydrogen-bond donors (Lipinski definition) is 2. The Labute approximate surface area is 121 Å². The Morgan fingerprint density at radius 2 is 1.85 bits per heavy atom. The third kappa shape index (κ3) is 2.30. The summed E-state index contributed by atoms with van der Waals surface area (Å²) in [6.07, 6.45) is 0.743. The van der Waals surface area contributed by atoms with Crippen molar-refractivity contribution in [3.8, 4) is 11.3 Å². The van der Waals surface area contributed by atoms with Gasteiger partial charge in [0, 0.05) is 21.6 Å². The predicted octanol–water partition coefficient (Wildman–Crippen LogP) is 4.13. The number of nitrogens with one attached hydrogen (secondary N) is 1. The number of aromatic nitrogens is 1. The standard InChI is InChI=1S/C16H14ClFN2/c17-11-3-6-15-14(9-11)13(7-8-19)16(20-15)10-1-4-12(18)5-2-10/h1-6,9,20H,7-8,19H2. The lowest BCUT2D eigenvalue weighted by atomic mass is 10.0. The molecule has 0 aliphatic carbocycles. The molecule has 2 nitrogen and oxygen atoms in total. The largest absolute Gasteiger partial charge is 0.354 e. The van der Waals surface area contributed by atoms with Crippen molar-refractivity contribution in [1.29, 1.82) is 0 Å². The number of nitrogens with two attached hydrogens (primary N) is 1. The molecule has 0 amide bonds. The Morgan fingerprint density at radius 3 is 2.55 bits per heavy atom. The summed E-state index contributed by atoms with van der Waals surface area (Å²) in [4.78, 5) is 3.38. The fraction of sp³-hybridized carbons (Fsp3) is 0.125. The Kier molecular flexibility index (Phi) is 3.47. The van der Waals surface area contributed by atoms with Crippen LogP contribution >= 0.6 is 11.6 Å². The quantitative estimate of drug-likeness (QED) is 0.747. The van der Waals surface area contributed by atoms with Crippen molar-refractivity contribution in [3.63, 3.8) is 0 Å². The van der Waals surface area contributed by atoms with E-state index in [4.69, 9.17) is 17.3 Å². The first-order valence-corrected chi connectivity index (χ1v) is 6.83. The number of H-pyrrole nitrogens is 1. The molecule has 3 rings (SSSR count). The highest BCUT2D eigenvalue weighted by molar-refractivity contribution is 6.31. The van der Waals surface area contributed by atoms with Crippen LogP contribution in [0.15, 0.2) is 42.5 Å². The first-order chi connectivity index (χ1) is 9.69. The Bertz CT molecular complexity index is 747. The van der Waals surface area contributed by atoms with Crippen LogP contribution in [0.25, 0.3) is 22.2 Å². The lowest BCUT2D eigenvalue weighted by Gasteiger charge is -2.04. The van der Waals surface area contributed by atoms with Gasteiger partial charge >= 0.3 is 0 Å². The van der Waals surface area contributed by atoms with Crippen molar-refractivity contribution >= 4 is 22.5 Å². The summed E-state index contributed by atoms with van der Waals surface area (Å²) < 4.78 is 13.1. The first kappa shape index (κ1) is 13.2. The van der Waals surface area contributed by atoms with Gasteiger partial charge in [-0.1, -0.05) is 11.6 Å². The van der Waals surface area contributed by atoms with Gasteiger partial charge in [0.1, 0.15) is 5.82 Å². The van der Waals surface area contributed by atoms with Crippen LogP contribution in [0.1, 0.15) is 5.56 Å². The minimum atomic E-state index is -0.242. The number of hydrogen-bond acceptors (Lipinski definition) is 1. The van der Waals surface area contributed by atoms with Crippen molar-refractivity contribution in [3.05, 3.63) is 58.9 Å². The maximum absolute atomic E-state index is 13.1. The van der Waals surface area contributed by atoms with Gasteiger partial charge in [0.2, 0.25) is 0 Å². The van der Waals surface area contributed by atoms with E-state index < -0.39 is 0 Å². The zero-order chi connectivity index (χ0) is 14.1.